The average Bonchev–Trinajstić information content (AvgIpc) is 3.73. The summed E-state index contributed by atoms with van der Waals surface area (Å²) in [6, 6.07) is 18.9. The van der Waals surface area contributed by atoms with Gasteiger partial charge in [-0.15, -0.1) is 10.2 Å². The fraction of sp³-hybridized carbons (Fsp3) is 0.421. The van der Waals surface area contributed by atoms with Gasteiger partial charge in [-0.3, -0.25) is 9.72 Å². The second-order valence-electron chi connectivity index (χ2n) is 14.4. The van der Waals surface area contributed by atoms with E-state index in [0.717, 1.165) is 53.6 Å². The molecule has 13 heteroatoms. The monoisotopic (exact) mass is 712 g/mol. The molecule has 0 unspecified atom stereocenters. The number of fused-ring (bicyclic) bond motifs is 2. The summed E-state index contributed by atoms with van der Waals surface area (Å²) in [4.78, 5) is 16.0. The number of hydrogen-bond donors (Lipinski definition) is 3. The van der Waals surface area contributed by atoms with Crippen molar-refractivity contribution in [2.24, 2.45) is 0 Å². The maximum atomic E-state index is 13.7. The first-order valence-corrected chi connectivity index (χ1v) is 18.0. The van der Waals surface area contributed by atoms with Crippen molar-refractivity contribution in [3.63, 3.8) is 0 Å². The number of rotatable bonds is 9. The standard InChI is InChI=1S/C38H45ClN8O4/c1-24-9-7-8-16-45(24)37-43-42-34-15-12-27(23-46(34)37)51-32-14-13-31(29-10-5-6-11-30(29)32)40-36(49)41-35-22-33(38(2,3)4)44-47(35)26-19-25(39)20-28(21-26)50-18-17-48/h5-6,10-12,15,19-24,31-32,48H,7-9,13-14,16-18H2,1-4H3,(H2,40,41,49)/t24-,31-,32+/m0/s1. The summed E-state index contributed by atoms with van der Waals surface area (Å²) in [7, 11) is 0. The topological polar surface area (TPSA) is 131 Å². The van der Waals surface area contributed by atoms with Gasteiger partial charge in [0.25, 0.3) is 0 Å². The number of nitrogens with zero attached hydrogens (tertiary/aromatic N) is 6. The largest absolute Gasteiger partial charge is 0.491 e. The fourth-order valence-electron chi connectivity index (χ4n) is 6.97. The average molecular weight is 713 g/mol. The maximum absolute atomic E-state index is 13.7. The van der Waals surface area contributed by atoms with Gasteiger partial charge in [-0.1, -0.05) is 56.6 Å². The Morgan fingerprint density at radius 2 is 1.82 bits per heavy atom. The zero-order valence-corrected chi connectivity index (χ0v) is 30.2. The number of piperidine rings is 1. The number of aromatic nitrogens is 5. The highest BCUT2D eigenvalue weighted by atomic mass is 35.5. The van der Waals surface area contributed by atoms with E-state index in [1.165, 1.54) is 6.42 Å². The Labute approximate surface area is 302 Å². The number of benzene rings is 2. The zero-order valence-electron chi connectivity index (χ0n) is 29.5. The van der Waals surface area contributed by atoms with E-state index in [2.05, 4.69) is 65.6 Å². The third kappa shape index (κ3) is 7.48. The molecule has 1 aliphatic heterocycles. The molecule has 7 rings (SSSR count). The van der Waals surface area contributed by atoms with Gasteiger partial charge in [-0.2, -0.15) is 5.10 Å². The van der Waals surface area contributed by atoms with E-state index >= 15 is 0 Å². The number of carbonyl (C=O) groups is 1. The van der Waals surface area contributed by atoms with Crippen LogP contribution in [-0.4, -0.2) is 61.3 Å². The van der Waals surface area contributed by atoms with Gasteiger partial charge < -0.3 is 24.8 Å². The van der Waals surface area contributed by atoms with E-state index in [1.807, 2.05) is 40.9 Å². The highest BCUT2D eigenvalue weighted by molar-refractivity contribution is 6.30. The van der Waals surface area contributed by atoms with E-state index in [-0.39, 0.29) is 36.8 Å². The first kappa shape index (κ1) is 34.6. The van der Waals surface area contributed by atoms with Crippen LogP contribution in [0.4, 0.5) is 16.6 Å². The highest BCUT2D eigenvalue weighted by Crippen LogP contribution is 2.39. The molecule has 2 aromatic carbocycles. The Kier molecular flexibility index (Phi) is 9.80. The summed E-state index contributed by atoms with van der Waals surface area (Å²) in [5.41, 5.74) is 3.97. The van der Waals surface area contributed by atoms with Crippen molar-refractivity contribution >= 4 is 35.0 Å². The summed E-state index contributed by atoms with van der Waals surface area (Å²) >= 11 is 6.44. The number of urea groups is 1. The van der Waals surface area contributed by atoms with E-state index in [9.17, 15) is 9.90 Å². The van der Waals surface area contributed by atoms with Crippen LogP contribution in [0.2, 0.25) is 5.02 Å². The van der Waals surface area contributed by atoms with Crippen LogP contribution >= 0.6 is 11.6 Å². The molecule has 268 valence electrons. The van der Waals surface area contributed by atoms with Crippen molar-refractivity contribution in [2.45, 2.75) is 83.4 Å². The Morgan fingerprint density at radius 3 is 2.61 bits per heavy atom. The molecule has 5 aromatic rings. The number of ether oxygens (including phenoxy) is 2. The van der Waals surface area contributed by atoms with E-state index in [4.69, 9.17) is 26.2 Å². The minimum Gasteiger partial charge on any atom is -0.491 e. The quantitative estimate of drug-likeness (QED) is 0.144. The van der Waals surface area contributed by atoms with Gasteiger partial charge in [0.2, 0.25) is 5.95 Å². The number of aliphatic hydroxyl groups excluding tert-OH is 1. The minimum absolute atomic E-state index is 0.125. The fourth-order valence-corrected chi connectivity index (χ4v) is 7.19. The van der Waals surface area contributed by atoms with Gasteiger partial charge >= 0.3 is 6.03 Å². The molecule has 0 spiro atoms. The number of hydrogen-bond acceptors (Lipinski definition) is 8. The summed E-state index contributed by atoms with van der Waals surface area (Å²) in [5, 5.41) is 29.7. The molecule has 3 atom stereocenters. The number of amides is 2. The zero-order chi connectivity index (χ0) is 35.7. The van der Waals surface area contributed by atoms with Crippen LogP contribution < -0.4 is 25.0 Å². The van der Waals surface area contributed by atoms with Gasteiger partial charge in [0.05, 0.1) is 30.2 Å². The lowest BCUT2D eigenvalue weighted by atomic mass is 9.85. The SMILES string of the molecule is C[C@H]1CCCCN1c1nnc2ccc(O[C@@H]3CC[C@H](NC(=O)Nc4cc(C(C)(C)C)nn4-c4cc(Cl)cc(OCCO)c4)c4ccccc43)cn12. The summed E-state index contributed by atoms with van der Waals surface area (Å²) in [5.74, 6) is 2.57. The lowest BCUT2D eigenvalue weighted by molar-refractivity contribution is 0.171. The predicted molar refractivity (Wildman–Crippen MR) is 197 cm³/mol. The van der Waals surface area contributed by atoms with E-state index in [1.54, 1.807) is 22.9 Å². The molecule has 12 nitrogen and oxygen atoms in total. The van der Waals surface area contributed by atoms with E-state index < -0.39 is 0 Å². The second kappa shape index (κ2) is 14.4. The molecule has 2 aliphatic rings. The molecular formula is C38H45ClN8O4. The number of halogens is 1. The second-order valence-corrected chi connectivity index (χ2v) is 14.8. The third-order valence-electron chi connectivity index (χ3n) is 9.62. The van der Waals surface area contributed by atoms with Crippen LogP contribution in [0, 0.1) is 0 Å². The third-order valence-corrected chi connectivity index (χ3v) is 9.83. The number of aliphatic hydroxyl groups is 1. The minimum atomic E-state index is -0.355. The molecule has 0 saturated carbocycles. The van der Waals surface area contributed by atoms with Crippen LogP contribution in [0.3, 0.4) is 0 Å². The van der Waals surface area contributed by atoms with Crippen molar-refractivity contribution in [3.05, 3.63) is 88.7 Å². The van der Waals surface area contributed by atoms with Gasteiger partial charge in [0.15, 0.2) is 5.65 Å². The Morgan fingerprint density at radius 1 is 1.00 bits per heavy atom. The molecule has 1 fully saturated rings. The summed E-state index contributed by atoms with van der Waals surface area (Å²) in [6.07, 6.45) is 6.72. The van der Waals surface area contributed by atoms with Crippen molar-refractivity contribution in [3.8, 4) is 17.2 Å². The molecule has 3 aromatic heterocycles. The number of nitrogens with one attached hydrogen (secondary N) is 2. The normalized spacial score (nSPS) is 19.1. The van der Waals surface area contributed by atoms with Gasteiger partial charge in [0, 0.05) is 35.2 Å². The Bertz CT molecular complexity index is 2020. The molecule has 1 saturated heterocycles. The number of carbonyl (C=O) groups excluding carboxylic acids is 1. The van der Waals surface area contributed by atoms with Crippen LogP contribution in [0.15, 0.2) is 66.9 Å². The number of anilines is 2. The van der Waals surface area contributed by atoms with Crippen LogP contribution in [0.25, 0.3) is 11.3 Å². The van der Waals surface area contributed by atoms with Gasteiger partial charge in [-0.25, -0.2) is 9.48 Å². The molecule has 1 aliphatic carbocycles. The first-order valence-electron chi connectivity index (χ1n) is 17.7. The predicted octanol–water partition coefficient (Wildman–Crippen LogP) is 7.39. The first-order chi connectivity index (χ1) is 24.6. The number of pyridine rings is 1. The molecule has 0 bridgehead atoms. The maximum Gasteiger partial charge on any atom is 0.320 e. The lowest BCUT2D eigenvalue weighted by Crippen LogP contribution is -2.38. The van der Waals surface area contributed by atoms with Crippen molar-refractivity contribution in [1.82, 2.24) is 29.7 Å². The molecule has 3 N–H and O–H groups in total. The molecule has 4 heterocycles. The van der Waals surface area contributed by atoms with Crippen molar-refractivity contribution in [2.75, 3.05) is 30.0 Å². The molecule has 51 heavy (non-hydrogen) atoms. The highest BCUT2D eigenvalue weighted by Gasteiger charge is 2.31. The van der Waals surface area contributed by atoms with Crippen molar-refractivity contribution < 1.29 is 19.4 Å². The van der Waals surface area contributed by atoms with E-state index in [0.29, 0.717) is 41.2 Å². The Hall–Kier alpha value is -4.81. The molecule has 2 amide bonds. The Balaban J connectivity index is 1.09. The van der Waals surface area contributed by atoms with Gasteiger partial charge in [0.1, 0.15) is 30.0 Å². The lowest BCUT2D eigenvalue weighted by Gasteiger charge is -2.33. The molecular weight excluding hydrogens is 668 g/mol. The summed E-state index contributed by atoms with van der Waals surface area (Å²) < 4.78 is 16.0. The summed E-state index contributed by atoms with van der Waals surface area (Å²) in [6.45, 7) is 9.40. The van der Waals surface area contributed by atoms with Crippen molar-refractivity contribution in [1.29, 1.82) is 0 Å². The van der Waals surface area contributed by atoms with Gasteiger partial charge in [-0.05, 0) is 74.4 Å². The van der Waals surface area contributed by atoms with Crippen LogP contribution in [-0.2, 0) is 5.41 Å². The molecule has 0 radical (unpaired) electrons. The smallest absolute Gasteiger partial charge is 0.320 e. The van der Waals surface area contributed by atoms with Crippen LogP contribution in [0.1, 0.15) is 88.8 Å². The van der Waals surface area contributed by atoms with Crippen LogP contribution in [0.5, 0.6) is 11.5 Å².